The van der Waals surface area contributed by atoms with Gasteiger partial charge in [-0.15, -0.1) is 0 Å². The van der Waals surface area contributed by atoms with Crippen LogP contribution in [0.3, 0.4) is 0 Å². The van der Waals surface area contributed by atoms with Crippen molar-refractivity contribution in [3.8, 4) is 17.4 Å². The van der Waals surface area contributed by atoms with E-state index in [1.165, 1.54) is 12.1 Å². The highest BCUT2D eigenvalue weighted by molar-refractivity contribution is 6.09. The fraction of sp³-hybridized carbons (Fsp3) is 0.154. The van der Waals surface area contributed by atoms with E-state index < -0.39 is 17.8 Å². The van der Waals surface area contributed by atoms with Crippen molar-refractivity contribution in [2.75, 3.05) is 19.2 Å². The van der Waals surface area contributed by atoms with Crippen LogP contribution in [0.25, 0.3) is 10.9 Å². The maximum absolute atomic E-state index is 14.8. The molecule has 2 aliphatic heterocycles. The molecule has 0 aliphatic carbocycles. The minimum Gasteiger partial charge on any atom is -0.481 e. The molecule has 0 radical (unpaired) electrons. The van der Waals surface area contributed by atoms with Crippen LogP contribution in [0.2, 0.25) is 0 Å². The van der Waals surface area contributed by atoms with Crippen LogP contribution in [0.4, 0.5) is 10.1 Å². The lowest BCUT2D eigenvalue weighted by Crippen LogP contribution is -2.34. The van der Waals surface area contributed by atoms with Gasteiger partial charge in [0.05, 0.1) is 30.1 Å². The first-order chi connectivity index (χ1) is 18.0. The Balaban J connectivity index is 1.39. The Kier molecular flexibility index (Phi) is 5.44. The van der Waals surface area contributed by atoms with Gasteiger partial charge in [-0.25, -0.2) is 9.37 Å². The number of benzene rings is 2. The van der Waals surface area contributed by atoms with Crippen molar-refractivity contribution >= 4 is 28.3 Å². The third kappa shape index (κ3) is 4.10. The number of hydrogen-bond acceptors (Lipinski definition) is 8. The summed E-state index contributed by atoms with van der Waals surface area (Å²) in [5, 5.41) is 13.2. The van der Waals surface area contributed by atoms with Gasteiger partial charge in [-0.1, -0.05) is 6.07 Å². The first-order valence-corrected chi connectivity index (χ1v) is 11.4. The van der Waals surface area contributed by atoms with Gasteiger partial charge in [0.2, 0.25) is 12.7 Å². The van der Waals surface area contributed by atoms with E-state index in [0.29, 0.717) is 56.5 Å². The number of aromatic amines is 1. The lowest BCUT2D eigenvalue weighted by molar-refractivity contribution is -0.113. The molecular formula is C26H21FN6O4. The zero-order valence-corrected chi connectivity index (χ0v) is 19.8. The van der Waals surface area contributed by atoms with E-state index in [0.717, 1.165) is 0 Å². The Hall–Kier alpha value is -4.93. The van der Waals surface area contributed by atoms with Crippen LogP contribution in [-0.4, -0.2) is 40.8 Å². The number of methoxy groups -OCH3 is 1. The van der Waals surface area contributed by atoms with Crippen molar-refractivity contribution in [1.82, 2.24) is 20.5 Å². The molecule has 186 valence electrons. The molecule has 6 rings (SSSR count). The number of fused-ring (bicyclic) bond motifs is 2. The molecule has 0 spiro atoms. The van der Waals surface area contributed by atoms with Crippen molar-refractivity contribution in [2.45, 2.75) is 13.0 Å². The summed E-state index contributed by atoms with van der Waals surface area (Å²) in [7, 11) is 1.54. The number of pyridine rings is 1. The maximum atomic E-state index is 14.8. The molecule has 11 heteroatoms. The zero-order chi connectivity index (χ0) is 25.5. The molecule has 1 amide bonds. The summed E-state index contributed by atoms with van der Waals surface area (Å²) in [6.07, 6.45) is 3.20. The third-order valence-electron chi connectivity index (χ3n) is 6.19. The third-order valence-corrected chi connectivity index (χ3v) is 6.19. The molecule has 2 aliphatic rings. The zero-order valence-electron chi connectivity index (χ0n) is 19.8. The van der Waals surface area contributed by atoms with Crippen molar-refractivity contribution in [2.24, 2.45) is 4.99 Å². The van der Waals surface area contributed by atoms with E-state index in [1.54, 1.807) is 44.6 Å². The van der Waals surface area contributed by atoms with Gasteiger partial charge in [0, 0.05) is 35.0 Å². The predicted molar refractivity (Wildman–Crippen MR) is 133 cm³/mol. The summed E-state index contributed by atoms with van der Waals surface area (Å²) < 4.78 is 30.9. The first-order valence-electron chi connectivity index (χ1n) is 11.4. The number of rotatable bonds is 5. The molecule has 0 saturated carbocycles. The molecule has 2 aromatic carbocycles. The van der Waals surface area contributed by atoms with Crippen LogP contribution in [0.5, 0.6) is 17.4 Å². The summed E-state index contributed by atoms with van der Waals surface area (Å²) in [5.41, 5.74) is 2.88. The van der Waals surface area contributed by atoms with Crippen LogP contribution in [0.1, 0.15) is 24.1 Å². The van der Waals surface area contributed by atoms with Crippen molar-refractivity contribution < 1.29 is 23.4 Å². The Bertz CT molecular complexity index is 1590. The number of amides is 1. The van der Waals surface area contributed by atoms with Crippen molar-refractivity contribution in [3.05, 3.63) is 83.1 Å². The normalized spacial score (nSPS) is 16.4. The summed E-state index contributed by atoms with van der Waals surface area (Å²) in [5.74, 6) is 1.09. The molecule has 4 aromatic rings. The number of allylic oxidation sites excluding steroid dienone is 1. The minimum atomic E-state index is -0.714. The minimum absolute atomic E-state index is 0.0396. The van der Waals surface area contributed by atoms with Crippen LogP contribution in [0.15, 0.2) is 71.1 Å². The number of amidine groups is 1. The Morgan fingerprint density at radius 3 is 2.81 bits per heavy atom. The number of carbonyl (C=O) groups is 1. The first kappa shape index (κ1) is 22.5. The Morgan fingerprint density at radius 1 is 1.14 bits per heavy atom. The molecule has 1 unspecified atom stereocenters. The van der Waals surface area contributed by atoms with E-state index >= 15 is 0 Å². The summed E-state index contributed by atoms with van der Waals surface area (Å²) in [4.78, 5) is 22.7. The number of nitrogens with one attached hydrogen (secondary N) is 3. The second-order valence-corrected chi connectivity index (χ2v) is 8.49. The molecule has 3 N–H and O–H groups in total. The smallest absolute Gasteiger partial charge is 0.255 e. The van der Waals surface area contributed by atoms with E-state index in [1.807, 2.05) is 12.1 Å². The van der Waals surface area contributed by atoms with Gasteiger partial charge in [0.1, 0.15) is 17.7 Å². The van der Waals surface area contributed by atoms with Crippen LogP contribution in [0, 0.1) is 5.82 Å². The number of aliphatic imine (C=N–C) groups is 1. The van der Waals surface area contributed by atoms with E-state index in [9.17, 15) is 9.18 Å². The van der Waals surface area contributed by atoms with Gasteiger partial charge in [0.25, 0.3) is 5.91 Å². The SMILES string of the molecule is COc1ccc(C2=NC(c3ccc4c(c3)OCO4)C(C(=O)Nc3cc4cn[nH]c4cc3F)=C(C)N2)cn1. The second-order valence-electron chi connectivity index (χ2n) is 8.49. The highest BCUT2D eigenvalue weighted by Crippen LogP contribution is 2.39. The van der Waals surface area contributed by atoms with Crippen LogP contribution < -0.4 is 24.8 Å². The summed E-state index contributed by atoms with van der Waals surface area (Å²) in [6, 6.07) is 11.1. The Labute approximate surface area is 210 Å². The number of nitrogens with zero attached hydrogens (tertiary/aromatic N) is 3. The van der Waals surface area contributed by atoms with E-state index in [4.69, 9.17) is 19.2 Å². The van der Waals surface area contributed by atoms with Crippen LogP contribution in [-0.2, 0) is 4.79 Å². The average Bonchev–Trinajstić information content (AvgIpc) is 3.57. The molecular weight excluding hydrogens is 479 g/mol. The van der Waals surface area contributed by atoms with Gasteiger partial charge in [-0.3, -0.25) is 14.9 Å². The average molecular weight is 500 g/mol. The fourth-order valence-corrected chi connectivity index (χ4v) is 4.33. The fourth-order valence-electron chi connectivity index (χ4n) is 4.33. The lowest BCUT2D eigenvalue weighted by Gasteiger charge is -2.27. The quantitative estimate of drug-likeness (QED) is 0.381. The highest BCUT2D eigenvalue weighted by atomic mass is 19.1. The maximum Gasteiger partial charge on any atom is 0.255 e. The summed E-state index contributed by atoms with van der Waals surface area (Å²) in [6.45, 7) is 1.89. The van der Waals surface area contributed by atoms with Gasteiger partial charge in [0.15, 0.2) is 11.5 Å². The number of hydrogen-bond donors (Lipinski definition) is 3. The monoisotopic (exact) mass is 500 g/mol. The number of anilines is 1. The van der Waals surface area contributed by atoms with Crippen LogP contribution >= 0.6 is 0 Å². The molecule has 2 aromatic heterocycles. The standard InChI is InChI=1S/C26H21FN6O4/c1-13-23(26(34)31-19-7-16-11-29-33-18(16)9-17(19)27)24(14-3-5-20-21(8-14)37-12-36-20)32-25(30-13)15-4-6-22(35-2)28-10-15/h3-11,24H,12H2,1-2H3,(H,29,33)(H,30,32)(H,31,34). The van der Waals surface area contributed by atoms with Gasteiger partial charge >= 0.3 is 0 Å². The van der Waals surface area contributed by atoms with Gasteiger partial charge in [-0.05, 0) is 36.8 Å². The topological polar surface area (TPSA) is 123 Å². The molecule has 37 heavy (non-hydrogen) atoms. The van der Waals surface area contributed by atoms with Crippen molar-refractivity contribution in [3.63, 3.8) is 0 Å². The molecule has 10 nitrogen and oxygen atoms in total. The second kappa shape index (κ2) is 8.94. The number of ether oxygens (including phenoxy) is 3. The van der Waals surface area contributed by atoms with E-state index in [-0.39, 0.29) is 12.5 Å². The van der Waals surface area contributed by atoms with Crippen molar-refractivity contribution in [1.29, 1.82) is 0 Å². The predicted octanol–water partition coefficient (Wildman–Crippen LogP) is 3.84. The highest BCUT2D eigenvalue weighted by Gasteiger charge is 2.31. The number of carbonyl (C=O) groups excluding carboxylic acids is 1. The lowest BCUT2D eigenvalue weighted by atomic mass is 9.94. The van der Waals surface area contributed by atoms with E-state index in [2.05, 4.69) is 25.8 Å². The number of H-pyrrole nitrogens is 1. The molecule has 1 atom stereocenters. The largest absolute Gasteiger partial charge is 0.481 e. The number of halogens is 1. The molecule has 0 fully saturated rings. The Morgan fingerprint density at radius 2 is 2.00 bits per heavy atom. The molecule has 0 bridgehead atoms. The number of aromatic nitrogens is 3. The molecule has 4 heterocycles. The van der Waals surface area contributed by atoms with Gasteiger partial charge < -0.3 is 24.8 Å². The molecule has 0 saturated heterocycles. The summed E-state index contributed by atoms with van der Waals surface area (Å²) >= 11 is 0. The van der Waals surface area contributed by atoms with Gasteiger partial charge in [-0.2, -0.15) is 5.10 Å².